The van der Waals surface area contributed by atoms with E-state index in [1.807, 2.05) is 0 Å². The Labute approximate surface area is 61.7 Å². The van der Waals surface area contributed by atoms with Gasteiger partial charge in [-0.05, 0) is 36.5 Å². The summed E-state index contributed by atoms with van der Waals surface area (Å²) in [5.74, 6) is 6.95. The SMILES string of the molecule is CC1CC1C1(CON)CC1. The van der Waals surface area contributed by atoms with E-state index < -0.39 is 0 Å². The third-order valence-electron chi connectivity index (χ3n) is 3.16. The summed E-state index contributed by atoms with van der Waals surface area (Å²) in [6, 6.07) is 0. The molecule has 2 rings (SSSR count). The Morgan fingerprint density at radius 3 is 2.50 bits per heavy atom. The maximum atomic E-state index is 5.07. The van der Waals surface area contributed by atoms with Crippen LogP contribution in [0.3, 0.4) is 0 Å². The Bertz CT molecular complexity index is 142. The third kappa shape index (κ3) is 0.867. The molecule has 2 saturated carbocycles. The van der Waals surface area contributed by atoms with E-state index in [4.69, 9.17) is 10.7 Å². The van der Waals surface area contributed by atoms with E-state index in [0.717, 1.165) is 18.4 Å². The summed E-state index contributed by atoms with van der Waals surface area (Å²) in [7, 11) is 0. The van der Waals surface area contributed by atoms with Gasteiger partial charge in [-0.1, -0.05) is 6.92 Å². The first kappa shape index (κ1) is 6.62. The number of hydrogen-bond donors (Lipinski definition) is 1. The van der Waals surface area contributed by atoms with E-state index in [9.17, 15) is 0 Å². The fraction of sp³-hybridized carbons (Fsp3) is 1.00. The van der Waals surface area contributed by atoms with Gasteiger partial charge in [-0.3, -0.25) is 0 Å². The Hall–Kier alpha value is -0.0800. The van der Waals surface area contributed by atoms with E-state index in [0.29, 0.717) is 5.41 Å². The minimum atomic E-state index is 0.536. The zero-order valence-corrected chi connectivity index (χ0v) is 6.47. The molecule has 58 valence electrons. The summed E-state index contributed by atoms with van der Waals surface area (Å²) >= 11 is 0. The average Bonchev–Trinajstić information content (AvgIpc) is 2.70. The lowest BCUT2D eigenvalue weighted by Crippen LogP contribution is -2.16. The summed E-state index contributed by atoms with van der Waals surface area (Å²) in [5.41, 5.74) is 0.536. The summed E-state index contributed by atoms with van der Waals surface area (Å²) in [4.78, 5) is 4.72. The van der Waals surface area contributed by atoms with Crippen LogP contribution >= 0.6 is 0 Å². The molecule has 2 aliphatic carbocycles. The maximum Gasteiger partial charge on any atom is 0.0738 e. The molecule has 0 aromatic carbocycles. The van der Waals surface area contributed by atoms with Crippen LogP contribution in [0.2, 0.25) is 0 Å². The average molecular weight is 141 g/mol. The van der Waals surface area contributed by atoms with Gasteiger partial charge in [-0.2, -0.15) is 0 Å². The zero-order chi connectivity index (χ0) is 7.19. The van der Waals surface area contributed by atoms with Crippen molar-refractivity contribution in [2.24, 2.45) is 23.1 Å². The summed E-state index contributed by atoms with van der Waals surface area (Å²) < 4.78 is 0. The molecule has 2 nitrogen and oxygen atoms in total. The molecule has 0 amide bonds. The molecule has 0 saturated heterocycles. The van der Waals surface area contributed by atoms with Crippen LogP contribution in [0, 0.1) is 17.3 Å². The van der Waals surface area contributed by atoms with Crippen molar-refractivity contribution in [2.75, 3.05) is 6.61 Å². The van der Waals surface area contributed by atoms with Crippen molar-refractivity contribution in [1.29, 1.82) is 0 Å². The first-order valence-corrected chi connectivity index (χ1v) is 4.10. The van der Waals surface area contributed by atoms with Crippen molar-refractivity contribution in [1.82, 2.24) is 0 Å². The number of rotatable bonds is 3. The molecule has 10 heavy (non-hydrogen) atoms. The van der Waals surface area contributed by atoms with Crippen LogP contribution in [-0.2, 0) is 4.84 Å². The van der Waals surface area contributed by atoms with Crippen molar-refractivity contribution in [3.63, 3.8) is 0 Å². The Balaban J connectivity index is 1.90. The first-order chi connectivity index (χ1) is 4.78. The van der Waals surface area contributed by atoms with Crippen LogP contribution in [-0.4, -0.2) is 6.61 Å². The summed E-state index contributed by atoms with van der Waals surface area (Å²) in [6.45, 7) is 3.11. The van der Waals surface area contributed by atoms with E-state index in [1.54, 1.807) is 0 Å². The highest BCUT2D eigenvalue weighted by molar-refractivity contribution is 5.06. The molecule has 0 aromatic heterocycles. The quantitative estimate of drug-likeness (QED) is 0.601. The minimum Gasteiger partial charge on any atom is -0.304 e. The maximum absolute atomic E-state index is 5.07. The monoisotopic (exact) mass is 141 g/mol. The van der Waals surface area contributed by atoms with E-state index >= 15 is 0 Å². The molecule has 0 aromatic rings. The molecule has 0 aliphatic heterocycles. The Kier molecular flexibility index (Phi) is 1.29. The summed E-state index contributed by atoms with van der Waals surface area (Å²) in [5, 5.41) is 0. The lowest BCUT2D eigenvalue weighted by Gasteiger charge is -2.11. The van der Waals surface area contributed by atoms with Crippen molar-refractivity contribution in [3.05, 3.63) is 0 Å². The molecule has 0 spiro atoms. The lowest BCUT2D eigenvalue weighted by atomic mass is 10.0. The topological polar surface area (TPSA) is 35.2 Å². The van der Waals surface area contributed by atoms with Crippen LogP contribution in [0.4, 0.5) is 0 Å². The molecule has 0 radical (unpaired) electrons. The van der Waals surface area contributed by atoms with Crippen molar-refractivity contribution < 1.29 is 4.84 Å². The minimum absolute atomic E-state index is 0.536. The molecular weight excluding hydrogens is 126 g/mol. The standard InChI is InChI=1S/C8H15NO/c1-6-4-7(6)8(2-3-8)5-10-9/h6-7H,2-5,9H2,1H3. The van der Waals surface area contributed by atoms with Gasteiger partial charge in [0, 0.05) is 0 Å². The van der Waals surface area contributed by atoms with Crippen molar-refractivity contribution in [2.45, 2.75) is 26.2 Å². The normalized spacial score (nSPS) is 41.4. The molecule has 0 bridgehead atoms. The predicted molar refractivity (Wildman–Crippen MR) is 39.1 cm³/mol. The van der Waals surface area contributed by atoms with Crippen LogP contribution in [0.25, 0.3) is 0 Å². The van der Waals surface area contributed by atoms with Gasteiger partial charge in [0.05, 0.1) is 6.61 Å². The van der Waals surface area contributed by atoms with E-state index in [1.165, 1.54) is 19.3 Å². The number of nitrogens with two attached hydrogens (primary N) is 1. The predicted octanol–water partition coefficient (Wildman–Crippen LogP) is 1.31. The second-order valence-electron chi connectivity index (χ2n) is 3.99. The van der Waals surface area contributed by atoms with Gasteiger partial charge in [0.15, 0.2) is 0 Å². The van der Waals surface area contributed by atoms with Crippen LogP contribution in [0.1, 0.15) is 26.2 Å². The van der Waals surface area contributed by atoms with Crippen LogP contribution in [0.5, 0.6) is 0 Å². The highest BCUT2D eigenvalue weighted by atomic mass is 16.6. The van der Waals surface area contributed by atoms with E-state index in [-0.39, 0.29) is 0 Å². The second kappa shape index (κ2) is 1.95. The van der Waals surface area contributed by atoms with E-state index in [2.05, 4.69) is 6.92 Å². The van der Waals surface area contributed by atoms with Crippen LogP contribution < -0.4 is 5.90 Å². The first-order valence-electron chi connectivity index (χ1n) is 4.10. The molecule has 2 N–H and O–H groups in total. The highest BCUT2D eigenvalue weighted by Crippen LogP contribution is 2.63. The molecule has 2 atom stereocenters. The van der Waals surface area contributed by atoms with Gasteiger partial charge < -0.3 is 4.84 Å². The fourth-order valence-electron chi connectivity index (χ4n) is 2.12. The van der Waals surface area contributed by atoms with Gasteiger partial charge in [-0.25, -0.2) is 5.90 Å². The number of hydrogen-bond acceptors (Lipinski definition) is 2. The molecular formula is C8H15NO. The lowest BCUT2D eigenvalue weighted by molar-refractivity contribution is 0.0807. The molecule has 2 aliphatic rings. The van der Waals surface area contributed by atoms with Gasteiger partial charge >= 0.3 is 0 Å². The Morgan fingerprint density at radius 1 is 1.60 bits per heavy atom. The molecule has 2 fully saturated rings. The fourth-order valence-corrected chi connectivity index (χ4v) is 2.12. The molecule has 2 heteroatoms. The van der Waals surface area contributed by atoms with Crippen molar-refractivity contribution >= 4 is 0 Å². The zero-order valence-electron chi connectivity index (χ0n) is 6.47. The van der Waals surface area contributed by atoms with Gasteiger partial charge in [0.1, 0.15) is 0 Å². The van der Waals surface area contributed by atoms with Gasteiger partial charge in [-0.15, -0.1) is 0 Å². The molecule has 2 unspecified atom stereocenters. The summed E-state index contributed by atoms with van der Waals surface area (Å²) in [6.07, 6.45) is 4.10. The molecule has 0 heterocycles. The van der Waals surface area contributed by atoms with Crippen LogP contribution in [0.15, 0.2) is 0 Å². The second-order valence-corrected chi connectivity index (χ2v) is 3.99. The van der Waals surface area contributed by atoms with Gasteiger partial charge in [0.2, 0.25) is 0 Å². The largest absolute Gasteiger partial charge is 0.304 e. The highest BCUT2D eigenvalue weighted by Gasteiger charge is 2.57. The van der Waals surface area contributed by atoms with Gasteiger partial charge in [0.25, 0.3) is 0 Å². The van der Waals surface area contributed by atoms with Crippen molar-refractivity contribution in [3.8, 4) is 0 Å². The smallest absolute Gasteiger partial charge is 0.0738 e. The Morgan fingerprint density at radius 2 is 2.20 bits per heavy atom. The third-order valence-corrected chi connectivity index (χ3v) is 3.16.